The Balaban J connectivity index is 2.47. The molecule has 0 aliphatic carbocycles. The predicted molar refractivity (Wildman–Crippen MR) is 77.8 cm³/mol. The zero-order chi connectivity index (χ0) is 14.8. The lowest BCUT2D eigenvalue weighted by Gasteiger charge is -2.11. The van der Waals surface area contributed by atoms with Crippen LogP contribution in [0.1, 0.15) is 5.56 Å². The standard InChI is InChI=1S/C13H9BrN2O3S/c14-10-5-3-6-11(13(10)17)16-20(18,19)12-7-2-1-4-9(12)8-15/h1-7,16-17H. The third-order valence-corrected chi connectivity index (χ3v) is 4.59. The van der Waals surface area contributed by atoms with Gasteiger partial charge in [-0.15, -0.1) is 0 Å². The van der Waals surface area contributed by atoms with E-state index in [1.165, 1.54) is 24.3 Å². The molecule has 102 valence electrons. The predicted octanol–water partition coefficient (Wildman–Crippen LogP) is 2.83. The largest absolute Gasteiger partial charge is 0.505 e. The molecule has 0 aromatic heterocycles. The molecule has 0 bridgehead atoms. The van der Waals surface area contributed by atoms with Crippen molar-refractivity contribution in [2.75, 3.05) is 4.72 Å². The molecule has 0 saturated heterocycles. The number of nitrogens with zero attached hydrogens (tertiary/aromatic N) is 1. The van der Waals surface area contributed by atoms with Gasteiger partial charge in [-0.25, -0.2) is 8.42 Å². The first-order valence-corrected chi connectivity index (χ1v) is 7.73. The summed E-state index contributed by atoms with van der Waals surface area (Å²) >= 11 is 3.10. The zero-order valence-electron chi connectivity index (χ0n) is 10.0. The number of rotatable bonds is 3. The summed E-state index contributed by atoms with van der Waals surface area (Å²) in [5.74, 6) is -0.217. The highest BCUT2D eigenvalue weighted by Crippen LogP contribution is 2.33. The van der Waals surface area contributed by atoms with Gasteiger partial charge >= 0.3 is 0 Å². The Morgan fingerprint density at radius 1 is 1.15 bits per heavy atom. The third-order valence-electron chi connectivity index (χ3n) is 2.53. The van der Waals surface area contributed by atoms with Crippen LogP contribution in [0.5, 0.6) is 5.75 Å². The Labute approximate surface area is 124 Å². The average molecular weight is 353 g/mol. The lowest BCUT2D eigenvalue weighted by Crippen LogP contribution is -2.14. The van der Waals surface area contributed by atoms with Crippen molar-refractivity contribution in [3.63, 3.8) is 0 Å². The summed E-state index contributed by atoms with van der Waals surface area (Å²) < 4.78 is 27.1. The molecule has 0 saturated carbocycles. The number of nitrogens with one attached hydrogen (secondary N) is 1. The van der Waals surface area contributed by atoms with Gasteiger partial charge in [0.15, 0.2) is 5.75 Å². The average Bonchev–Trinajstić information content (AvgIpc) is 2.43. The van der Waals surface area contributed by atoms with E-state index in [9.17, 15) is 13.5 Å². The molecule has 0 amide bonds. The van der Waals surface area contributed by atoms with Crippen LogP contribution >= 0.6 is 15.9 Å². The van der Waals surface area contributed by atoms with Gasteiger partial charge in [-0.3, -0.25) is 4.72 Å². The maximum atomic E-state index is 12.3. The SMILES string of the molecule is N#Cc1ccccc1S(=O)(=O)Nc1cccc(Br)c1O. The highest BCUT2D eigenvalue weighted by Gasteiger charge is 2.20. The van der Waals surface area contributed by atoms with E-state index in [0.717, 1.165) is 0 Å². The van der Waals surface area contributed by atoms with Gasteiger partial charge in [-0.2, -0.15) is 5.26 Å². The second kappa shape index (κ2) is 5.53. The Morgan fingerprint density at radius 3 is 2.55 bits per heavy atom. The van der Waals surface area contributed by atoms with Gasteiger partial charge < -0.3 is 5.11 Å². The lowest BCUT2D eigenvalue weighted by atomic mass is 10.2. The molecule has 0 unspecified atom stereocenters. The second-order valence-electron chi connectivity index (χ2n) is 3.85. The van der Waals surface area contributed by atoms with Crippen LogP contribution in [0.15, 0.2) is 51.8 Å². The number of anilines is 1. The molecular weight excluding hydrogens is 344 g/mol. The van der Waals surface area contributed by atoms with E-state index in [2.05, 4.69) is 20.7 Å². The number of para-hydroxylation sites is 1. The first-order chi connectivity index (χ1) is 9.45. The van der Waals surface area contributed by atoms with Crippen molar-refractivity contribution >= 4 is 31.6 Å². The Morgan fingerprint density at radius 2 is 1.85 bits per heavy atom. The molecule has 0 aliphatic rings. The van der Waals surface area contributed by atoms with Crippen molar-refractivity contribution in [2.45, 2.75) is 4.90 Å². The van der Waals surface area contributed by atoms with E-state index in [0.29, 0.717) is 4.47 Å². The quantitative estimate of drug-likeness (QED) is 0.831. The maximum absolute atomic E-state index is 12.3. The molecule has 0 atom stereocenters. The summed E-state index contributed by atoms with van der Waals surface area (Å²) in [7, 11) is -3.95. The minimum absolute atomic E-state index is 0.0344. The Kier molecular flexibility index (Phi) is 3.97. The van der Waals surface area contributed by atoms with E-state index in [1.807, 2.05) is 6.07 Å². The van der Waals surface area contributed by atoms with E-state index < -0.39 is 10.0 Å². The van der Waals surface area contributed by atoms with E-state index >= 15 is 0 Å². The number of nitriles is 1. The molecule has 7 heteroatoms. The molecule has 2 aromatic rings. The molecule has 2 aromatic carbocycles. The molecule has 0 radical (unpaired) electrons. The number of phenols is 1. The summed E-state index contributed by atoms with van der Waals surface area (Å²) in [4.78, 5) is -0.137. The first kappa shape index (κ1) is 14.4. The molecule has 2 rings (SSSR count). The lowest BCUT2D eigenvalue weighted by molar-refractivity contribution is 0.474. The fourth-order valence-corrected chi connectivity index (χ4v) is 3.18. The summed E-state index contributed by atoms with van der Waals surface area (Å²) in [6.45, 7) is 0. The van der Waals surface area contributed by atoms with Gasteiger partial charge in [0.05, 0.1) is 15.7 Å². The summed E-state index contributed by atoms with van der Waals surface area (Å²) in [5.41, 5.74) is 0.0709. The fraction of sp³-hybridized carbons (Fsp3) is 0. The van der Waals surface area contributed by atoms with Gasteiger partial charge in [0.1, 0.15) is 11.0 Å². The number of phenolic OH excluding ortho intramolecular Hbond substituents is 1. The van der Waals surface area contributed by atoms with Gasteiger partial charge in [-0.05, 0) is 40.2 Å². The molecule has 0 heterocycles. The molecule has 0 spiro atoms. The van der Waals surface area contributed by atoms with Gasteiger partial charge in [0, 0.05) is 0 Å². The van der Waals surface area contributed by atoms with E-state index in [-0.39, 0.29) is 21.9 Å². The topological polar surface area (TPSA) is 90.2 Å². The highest BCUT2D eigenvalue weighted by atomic mass is 79.9. The molecule has 0 fully saturated rings. The Bertz CT molecular complexity index is 798. The summed E-state index contributed by atoms with van der Waals surface area (Å²) in [6, 6.07) is 12.2. The maximum Gasteiger partial charge on any atom is 0.263 e. The summed E-state index contributed by atoms with van der Waals surface area (Å²) in [5, 5.41) is 18.7. The zero-order valence-corrected chi connectivity index (χ0v) is 12.4. The number of hydrogen-bond acceptors (Lipinski definition) is 4. The first-order valence-electron chi connectivity index (χ1n) is 5.45. The van der Waals surface area contributed by atoms with E-state index in [1.54, 1.807) is 18.2 Å². The number of benzene rings is 2. The monoisotopic (exact) mass is 352 g/mol. The molecule has 0 aliphatic heterocycles. The highest BCUT2D eigenvalue weighted by molar-refractivity contribution is 9.10. The van der Waals surface area contributed by atoms with Crippen molar-refractivity contribution < 1.29 is 13.5 Å². The van der Waals surface area contributed by atoms with Crippen LogP contribution < -0.4 is 4.72 Å². The van der Waals surface area contributed by atoms with Crippen LogP contribution in [-0.4, -0.2) is 13.5 Å². The second-order valence-corrected chi connectivity index (χ2v) is 6.35. The van der Waals surface area contributed by atoms with E-state index in [4.69, 9.17) is 5.26 Å². The smallest absolute Gasteiger partial charge is 0.263 e. The molecule has 20 heavy (non-hydrogen) atoms. The van der Waals surface area contributed by atoms with Gasteiger partial charge in [-0.1, -0.05) is 18.2 Å². The van der Waals surface area contributed by atoms with Crippen molar-refractivity contribution in [1.82, 2.24) is 0 Å². The summed E-state index contributed by atoms with van der Waals surface area (Å²) in [6.07, 6.45) is 0. The van der Waals surface area contributed by atoms with Gasteiger partial charge in [0.25, 0.3) is 10.0 Å². The normalized spacial score (nSPS) is 10.8. The third kappa shape index (κ3) is 2.76. The van der Waals surface area contributed by atoms with Crippen LogP contribution in [0.4, 0.5) is 5.69 Å². The molecular formula is C13H9BrN2O3S. The Hall–Kier alpha value is -2.04. The number of halogens is 1. The number of sulfonamides is 1. The minimum Gasteiger partial charge on any atom is -0.505 e. The van der Waals surface area contributed by atoms with Crippen LogP contribution in [0.3, 0.4) is 0 Å². The number of hydrogen-bond donors (Lipinski definition) is 2. The minimum atomic E-state index is -3.95. The molecule has 5 nitrogen and oxygen atoms in total. The van der Waals surface area contributed by atoms with Gasteiger partial charge in [0.2, 0.25) is 0 Å². The van der Waals surface area contributed by atoms with Crippen molar-refractivity contribution in [1.29, 1.82) is 5.26 Å². The van der Waals surface area contributed by atoms with Crippen LogP contribution in [0, 0.1) is 11.3 Å². The molecule has 2 N–H and O–H groups in total. The fourth-order valence-electron chi connectivity index (χ4n) is 1.59. The van der Waals surface area contributed by atoms with Crippen molar-refractivity contribution in [3.8, 4) is 11.8 Å². The number of aromatic hydroxyl groups is 1. The van der Waals surface area contributed by atoms with Crippen molar-refractivity contribution in [2.24, 2.45) is 0 Å². The van der Waals surface area contributed by atoms with Crippen molar-refractivity contribution in [3.05, 3.63) is 52.5 Å². The van der Waals surface area contributed by atoms with Crippen LogP contribution in [0.25, 0.3) is 0 Å². The van der Waals surface area contributed by atoms with Crippen LogP contribution in [0.2, 0.25) is 0 Å². The van der Waals surface area contributed by atoms with Crippen LogP contribution in [-0.2, 0) is 10.0 Å².